The highest BCUT2D eigenvalue weighted by Gasteiger charge is 2.09. The molecule has 0 aliphatic rings. The molecule has 0 aromatic heterocycles. The monoisotopic (exact) mass is 285 g/mol. The molecule has 0 aliphatic heterocycles. The van der Waals surface area contributed by atoms with Gasteiger partial charge >= 0.3 is 0 Å². The molecule has 0 fully saturated rings. The zero-order valence-electron chi connectivity index (χ0n) is 10.2. The largest absolute Gasteiger partial charge is 0.504 e. The SMILES string of the molecule is C#CCSCCNCc1cc(Cl)cc(OC)c1O. The molecule has 0 heterocycles. The van der Waals surface area contributed by atoms with Crippen molar-refractivity contribution in [1.82, 2.24) is 5.32 Å². The average molecular weight is 286 g/mol. The van der Waals surface area contributed by atoms with Crippen LogP contribution in [0.2, 0.25) is 5.02 Å². The molecule has 0 amide bonds. The van der Waals surface area contributed by atoms with Gasteiger partial charge in [0, 0.05) is 35.5 Å². The van der Waals surface area contributed by atoms with Crippen LogP contribution >= 0.6 is 23.4 Å². The number of ether oxygens (including phenoxy) is 1. The minimum Gasteiger partial charge on any atom is -0.504 e. The molecule has 0 aliphatic carbocycles. The van der Waals surface area contributed by atoms with Crippen molar-refractivity contribution in [3.8, 4) is 23.8 Å². The Morgan fingerprint density at radius 1 is 1.56 bits per heavy atom. The first-order valence-corrected chi connectivity index (χ1v) is 6.99. The molecule has 1 rings (SSSR count). The van der Waals surface area contributed by atoms with E-state index in [9.17, 15) is 5.11 Å². The Morgan fingerprint density at radius 3 is 3.00 bits per heavy atom. The zero-order chi connectivity index (χ0) is 13.4. The Morgan fingerprint density at radius 2 is 2.33 bits per heavy atom. The third-order valence-electron chi connectivity index (χ3n) is 2.26. The van der Waals surface area contributed by atoms with E-state index >= 15 is 0 Å². The second kappa shape index (κ2) is 8.15. The van der Waals surface area contributed by atoms with Gasteiger partial charge in [-0.05, 0) is 6.07 Å². The smallest absolute Gasteiger partial charge is 0.162 e. The molecule has 5 heteroatoms. The van der Waals surface area contributed by atoms with Gasteiger partial charge in [0.2, 0.25) is 0 Å². The minimum absolute atomic E-state index is 0.130. The third kappa shape index (κ3) is 4.69. The van der Waals surface area contributed by atoms with Crippen LogP contribution in [0.3, 0.4) is 0 Å². The van der Waals surface area contributed by atoms with E-state index in [1.807, 2.05) is 0 Å². The van der Waals surface area contributed by atoms with Gasteiger partial charge < -0.3 is 15.2 Å². The maximum absolute atomic E-state index is 9.90. The topological polar surface area (TPSA) is 41.5 Å². The Balaban J connectivity index is 2.47. The van der Waals surface area contributed by atoms with Crippen LogP contribution in [0.4, 0.5) is 0 Å². The number of nitrogens with one attached hydrogen (secondary N) is 1. The highest BCUT2D eigenvalue weighted by Crippen LogP contribution is 2.33. The summed E-state index contributed by atoms with van der Waals surface area (Å²) in [5, 5.41) is 13.7. The molecule has 0 unspecified atom stereocenters. The number of benzene rings is 1. The summed E-state index contributed by atoms with van der Waals surface area (Å²) in [5.74, 6) is 4.74. The highest BCUT2D eigenvalue weighted by molar-refractivity contribution is 7.99. The molecule has 0 atom stereocenters. The van der Waals surface area contributed by atoms with E-state index in [1.54, 1.807) is 23.9 Å². The lowest BCUT2D eigenvalue weighted by atomic mass is 10.2. The van der Waals surface area contributed by atoms with Crippen LogP contribution in [0.25, 0.3) is 0 Å². The van der Waals surface area contributed by atoms with Crippen LogP contribution < -0.4 is 10.1 Å². The number of terminal acetylenes is 1. The van der Waals surface area contributed by atoms with E-state index in [1.165, 1.54) is 7.11 Å². The van der Waals surface area contributed by atoms with Crippen LogP contribution in [0.5, 0.6) is 11.5 Å². The van der Waals surface area contributed by atoms with Crippen molar-refractivity contribution in [2.24, 2.45) is 0 Å². The molecule has 18 heavy (non-hydrogen) atoms. The fraction of sp³-hybridized carbons (Fsp3) is 0.385. The summed E-state index contributed by atoms with van der Waals surface area (Å²) in [4.78, 5) is 0. The first kappa shape index (κ1) is 15.0. The molecule has 0 saturated heterocycles. The number of hydrogen-bond acceptors (Lipinski definition) is 4. The van der Waals surface area contributed by atoms with E-state index in [-0.39, 0.29) is 5.75 Å². The van der Waals surface area contributed by atoms with E-state index in [2.05, 4.69) is 11.2 Å². The van der Waals surface area contributed by atoms with Crippen LogP contribution in [-0.2, 0) is 6.54 Å². The van der Waals surface area contributed by atoms with Gasteiger partial charge in [0.05, 0.1) is 12.9 Å². The molecule has 1 aromatic rings. The Hall–Kier alpha value is -1.02. The number of aromatic hydroxyl groups is 1. The lowest BCUT2D eigenvalue weighted by Crippen LogP contribution is -2.16. The van der Waals surface area contributed by atoms with Crippen molar-refractivity contribution < 1.29 is 9.84 Å². The fourth-order valence-electron chi connectivity index (χ4n) is 1.42. The van der Waals surface area contributed by atoms with Gasteiger partial charge in [0.15, 0.2) is 11.5 Å². The summed E-state index contributed by atoms with van der Waals surface area (Å²) < 4.78 is 5.04. The lowest BCUT2D eigenvalue weighted by Gasteiger charge is -2.10. The van der Waals surface area contributed by atoms with Crippen molar-refractivity contribution in [2.75, 3.05) is 25.2 Å². The van der Waals surface area contributed by atoms with Crippen molar-refractivity contribution in [3.63, 3.8) is 0 Å². The second-order valence-corrected chi connectivity index (χ2v) is 5.09. The quantitative estimate of drug-likeness (QED) is 0.597. The molecule has 1 aromatic carbocycles. The van der Waals surface area contributed by atoms with Crippen molar-refractivity contribution in [1.29, 1.82) is 0 Å². The predicted octanol–water partition coefficient (Wildman–Crippen LogP) is 2.51. The maximum Gasteiger partial charge on any atom is 0.162 e. The van der Waals surface area contributed by atoms with E-state index < -0.39 is 0 Å². The van der Waals surface area contributed by atoms with Crippen LogP contribution in [-0.4, -0.2) is 30.3 Å². The van der Waals surface area contributed by atoms with Crippen LogP contribution in [0.15, 0.2) is 12.1 Å². The maximum atomic E-state index is 9.90. The summed E-state index contributed by atoms with van der Waals surface area (Å²) in [5.41, 5.74) is 0.723. The third-order valence-corrected chi connectivity index (χ3v) is 3.34. The number of thioether (sulfide) groups is 1. The van der Waals surface area contributed by atoms with Gasteiger partial charge in [-0.3, -0.25) is 0 Å². The molecule has 0 radical (unpaired) electrons. The summed E-state index contributed by atoms with van der Waals surface area (Å²) >= 11 is 7.63. The molecular weight excluding hydrogens is 270 g/mol. The highest BCUT2D eigenvalue weighted by atomic mass is 35.5. The Bertz CT molecular complexity index is 432. The zero-order valence-corrected chi connectivity index (χ0v) is 11.8. The van der Waals surface area contributed by atoms with Gasteiger partial charge in [-0.25, -0.2) is 0 Å². The van der Waals surface area contributed by atoms with Crippen LogP contribution in [0.1, 0.15) is 5.56 Å². The minimum atomic E-state index is 0.130. The Kier molecular flexibility index (Phi) is 6.81. The number of hydrogen-bond donors (Lipinski definition) is 2. The molecule has 2 N–H and O–H groups in total. The first-order chi connectivity index (χ1) is 8.69. The van der Waals surface area contributed by atoms with Gasteiger partial charge in [0.1, 0.15) is 0 Å². The van der Waals surface area contributed by atoms with Gasteiger partial charge in [0.25, 0.3) is 0 Å². The van der Waals surface area contributed by atoms with E-state index in [0.29, 0.717) is 17.3 Å². The molecule has 0 bridgehead atoms. The van der Waals surface area contributed by atoms with Crippen molar-refractivity contribution in [3.05, 3.63) is 22.7 Å². The number of rotatable bonds is 7. The van der Waals surface area contributed by atoms with E-state index in [4.69, 9.17) is 22.8 Å². The normalized spacial score (nSPS) is 10.1. The Labute approximate surface area is 117 Å². The molecule has 98 valence electrons. The summed E-state index contributed by atoms with van der Waals surface area (Å²) in [6, 6.07) is 3.31. The number of phenols is 1. The van der Waals surface area contributed by atoms with Gasteiger partial charge in [-0.1, -0.05) is 17.5 Å². The predicted molar refractivity (Wildman–Crippen MR) is 77.5 cm³/mol. The second-order valence-electron chi connectivity index (χ2n) is 3.55. The van der Waals surface area contributed by atoms with Gasteiger partial charge in [-0.15, -0.1) is 18.2 Å². The fourth-order valence-corrected chi connectivity index (χ4v) is 2.20. The summed E-state index contributed by atoms with van der Waals surface area (Å²) in [6.45, 7) is 1.36. The average Bonchev–Trinajstić information content (AvgIpc) is 2.37. The van der Waals surface area contributed by atoms with Crippen molar-refractivity contribution in [2.45, 2.75) is 6.54 Å². The summed E-state index contributed by atoms with van der Waals surface area (Å²) in [6.07, 6.45) is 5.15. The molecule has 0 saturated carbocycles. The molecular formula is C13H16ClNO2S. The first-order valence-electron chi connectivity index (χ1n) is 5.46. The van der Waals surface area contributed by atoms with E-state index in [0.717, 1.165) is 23.6 Å². The number of halogens is 1. The standard InChI is InChI=1S/C13H16ClNO2S/c1-3-5-18-6-4-15-9-10-7-11(14)8-12(17-2)13(10)16/h1,7-8,15-16H,4-6,9H2,2H3. The molecule has 0 spiro atoms. The summed E-state index contributed by atoms with van der Waals surface area (Å²) in [7, 11) is 1.50. The number of phenolic OH excluding ortho intramolecular Hbond substituents is 1. The molecule has 3 nitrogen and oxygen atoms in total. The van der Waals surface area contributed by atoms with Crippen molar-refractivity contribution >= 4 is 23.4 Å². The van der Waals surface area contributed by atoms with Crippen LogP contribution in [0, 0.1) is 12.3 Å². The lowest BCUT2D eigenvalue weighted by molar-refractivity contribution is 0.370. The number of methoxy groups -OCH3 is 1. The van der Waals surface area contributed by atoms with Gasteiger partial charge in [-0.2, -0.15) is 0 Å².